The highest BCUT2D eigenvalue weighted by Crippen LogP contribution is 2.27. The summed E-state index contributed by atoms with van der Waals surface area (Å²) in [4.78, 5) is 9.72. The Bertz CT molecular complexity index is 1140. The summed E-state index contributed by atoms with van der Waals surface area (Å²) in [6.07, 6.45) is 11.9. The Morgan fingerprint density at radius 3 is 2.36 bits per heavy atom. The van der Waals surface area contributed by atoms with Gasteiger partial charge in [0.15, 0.2) is 5.84 Å². The summed E-state index contributed by atoms with van der Waals surface area (Å²) in [5, 5.41) is 0. The molecular formula is C30H35N3. The van der Waals surface area contributed by atoms with Crippen LogP contribution in [0.15, 0.2) is 118 Å². The maximum Gasteiger partial charge on any atom is 0.158 e. The van der Waals surface area contributed by atoms with E-state index in [1.165, 1.54) is 0 Å². The molecule has 3 nitrogen and oxygen atoms in total. The van der Waals surface area contributed by atoms with Gasteiger partial charge in [-0.15, -0.1) is 0 Å². The van der Waals surface area contributed by atoms with E-state index in [-0.39, 0.29) is 0 Å². The standard InChI is InChI=1S/C30H35N3/c1-7-9-11-15-23(5)21-32-30(33-29(31)25(8-2)20-22(3)4)28-24(6)16-14-19-27(28)26-17-12-10-13-18-26/h7-20H,5,21H2,1-4,6H3,(H2,31,32,33)/b9-7-,15-11-,25-8+. The number of allylic oxidation sites excluding steroid dienone is 5. The lowest BCUT2D eigenvalue weighted by atomic mass is 9.95. The van der Waals surface area contributed by atoms with Gasteiger partial charge in [-0.25, -0.2) is 4.99 Å². The van der Waals surface area contributed by atoms with Crippen molar-refractivity contribution in [2.45, 2.75) is 34.6 Å². The van der Waals surface area contributed by atoms with Crippen molar-refractivity contribution in [1.82, 2.24) is 0 Å². The van der Waals surface area contributed by atoms with Crippen LogP contribution in [-0.4, -0.2) is 18.2 Å². The van der Waals surface area contributed by atoms with Gasteiger partial charge in [-0.2, -0.15) is 0 Å². The first-order valence-corrected chi connectivity index (χ1v) is 11.2. The monoisotopic (exact) mass is 437 g/mol. The number of hydrogen-bond acceptors (Lipinski definition) is 1. The van der Waals surface area contributed by atoms with Crippen LogP contribution in [0.4, 0.5) is 0 Å². The second-order valence-electron chi connectivity index (χ2n) is 8.01. The molecule has 2 aromatic carbocycles. The summed E-state index contributed by atoms with van der Waals surface area (Å²) < 4.78 is 0. The molecule has 0 aliphatic carbocycles. The summed E-state index contributed by atoms with van der Waals surface area (Å²) >= 11 is 0. The lowest BCUT2D eigenvalue weighted by Crippen LogP contribution is -2.18. The molecule has 2 rings (SSSR count). The van der Waals surface area contributed by atoms with Crippen LogP contribution in [0.25, 0.3) is 11.1 Å². The topological polar surface area (TPSA) is 50.7 Å². The minimum atomic E-state index is 0.427. The van der Waals surface area contributed by atoms with E-state index in [9.17, 15) is 0 Å². The van der Waals surface area contributed by atoms with Gasteiger partial charge in [0.1, 0.15) is 5.84 Å². The number of amidine groups is 2. The second kappa shape index (κ2) is 13.0. The Labute approximate surface area is 199 Å². The van der Waals surface area contributed by atoms with E-state index in [0.29, 0.717) is 18.2 Å². The number of benzene rings is 2. The van der Waals surface area contributed by atoms with Crippen molar-refractivity contribution in [1.29, 1.82) is 0 Å². The minimum Gasteiger partial charge on any atom is -0.383 e. The van der Waals surface area contributed by atoms with Gasteiger partial charge in [-0.1, -0.05) is 97.1 Å². The molecule has 0 aliphatic heterocycles. The average Bonchev–Trinajstić information content (AvgIpc) is 2.80. The van der Waals surface area contributed by atoms with Crippen LogP contribution >= 0.6 is 0 Å². The van der Waals surface area contributed by atoms with Gasteiger partial charge in [0.05, 0.1) is 6.54 Å². The Balaban J connectivity index is 2.66. The molecule has 2 N–H and O–H groups in total. The van der Waals surface area contributed by atoms with Gasteiger partial charge in [0.2, 0.25) is 0 Å². The molecule has 33 heavy (non-hydrogen) atoms. The Hall–Kier alpha value is -3.72. The van der Waals surface area contributed by atoms with Crippen molar-refractivity contribution in [3.05, 3.63) is 119 Å². The Kier molecular flexibility index (Phi) is 10.0. The summed E-state index contributed by atoms with van der Waals surface area (Å²) in [5.41, 5.74) is 13.6. The summed E-state index contributed by atoms with van der Waals surface area (Å²) in [6, 6.07) is 16.5. The third kappa shape index (κ3) is 7.73. The maximum atomic E-state index is 6.47. The number of nitrogens with two attached hydrogens (primary N) is 1. The number of aryl methyl sites for hydroxylation is 1. The fourth-order valence-electron chi connectivity index (χ4n) is 3.32. The third-order valence-electron chi connectivity index (χ3n) is 4.93. The molecule has 0 bridgehead atoms. The van der Waals surface area contributed by atoms with Crippen molar-refractivity contribution < 1.29 is 0 Å². The average molecular weight is 438 g/mol. The smallest absolute Gasteiger partial charge is 0.158 e. The first kappa shape index (κ1) is 25.5. The molecular weight excluding hydrogens is 402 g/mol. The van der Waals surface area contributed by atoms with Crippen LogP contribution in [0.2, 0.25) is 0 Å². The number of aliphatic imine (C=N–C) groups is 2. The molecule has 0 fully saturated rings. The molecule has 0 atom stereocenters. The highest BCUT2D eigenvalue weighted by Gasteiger charge is 2.15. The molecule has 170 valence electrons. The third-order valence-corrected chi connectivity index (χ3v) is 4.93. The largest absolute Gasteiger partial charge is 0.383 e. The summed E-state index contributed by atoms with van der Waals surface area (Å²) in [5.74, 6) is 1.04. The van der Waals surface area contributed by atoms with E-state index in [1.54, 1.807) is 0 Å². The van der Waals surface area contributed by atoms with Crippen LogP contribution in [0.3, 0.4) is 0 Å². The molecule has 0 amide bonds. The molecule has 0 saturated heterocycles. The molecule has 3 heteroatoms. The van der Waals surface area contributed by atoms with Crippen molar-refractivity contribution in [3.8, 4) is 11.1 Å². The van der Waals surface area contributed by atoms with Crippen LogP contribution in [0.5, 0.6) is 0 Å². The molecule has 0 spiro atoms. The number of hydrogen-bond donors (Lipinski definition) is 1. The lowest BCUT2D eigenvalue weighted by Gasteiger charge is -2.14. The summed E-state index contributed by atoms with van der Waals surface area (Å²) in [6.45, 7) is 14.7. The molecule has 0 heterocycles. The van der Waals surface area contributed by atoms with Gasteiger partial charge in [0, 0.05) is 11.1 Å². The van der Waals surface area contributed by atoms with Gasteiger partial charge in [0.25, 0.3) is 0 Å². The van der Waals surface area contributed by atoms with Crippen molar-refractivity contribution >= 4 is 11.7 Å². The van der Waals surface area contributed by atoms with Crippen molar-refractivity contribution in [3.63, 3.8) is 0 Å². The van der Waals surface area contributed by atoms with Crippen LogP contribution in [0.1, 0.15) is 38.8 Å². The van der Waals surface area contributed by atoms with Crippen LogP contribution in [0, 0.1) is 6.92 Å². The van der Waals surface area contributed by atoms with E-state index in [1.807, 2.05) is 82.4 Å². The van der Waals surface area contributed by atoms with Crippen molar-refractivity contribution in [2.75, 3.05) is 6.54 Å². The van der Waals surface area contributed by atoms with E-state index >= 15 is 0 Å². The first-order valence-electron chi connectivity index (χ1n) is 11.2. The quantitative estimate of drug-likeness (QED) is 0.262. The SMILES string of the molecule is C=C(/C=C\C=C/C)CN=C(N=C(N)/C(C=C(C)C)=C/C)c1c(C)cccc1-c1ccccc1. The molecule has 2 aromatic rings. The molecule has 0 aliphatic rings. The predicted molar refractivity (Wildman–Crippen MR) is 146 cm³/mol. The highest BCUT2D eigenvalue weighted by molar-refractivity contribution is 6.14. The maximum absolute atomic E-state index is 6.47. The van der Waals surface area contributed by atoms with E-state index in [2.05, 4.69) is 43.8 Å². The molecule has 0 unspecified atom stereocenters. The van der Waals surface area contributed by atoms with E-state index in [4.69, 9.17) is 15.7 Å². The fraction of sp³-hybridized carbons (Fsp3) is 0.200. The fourth-order valence-corrected chi connectivity index (χ4v) is 3.32. The molecule has 0 aromatic heterocycles. The summed E-state index contributed by atoms with van der Waals surface area (Å²) in [7, 11) is 0. The highest BCUT2D eigenvalue weighted by atomic mass is 15.0. The zero-order chi connectivity index (χ0) is 24.2. The van der Waals surface area contributed by atoms with Gasteiger partial charge in [-0.05, 0) is 56.9 Å². The van der Waals surface area contributed by atoms with E-state index < -0.39 is 0 Å². The van der Waals surface area contributed by atoms with Crippen LogP contribution < -0.4 is 5.73 Å². The van der Waals surface area contributed by atoms with Gasteiger partial charge >= 0.3 is 0 Å². The zero-order valence-electron chi connectivity index (χ0n) is 20.5. The van der Waals surface area contributed by atoms with E-state index in [0.717, 1.165) is 39.0 Å². The minimum absolute atomic E-state index is 0.427. The normalized spacial score (nSPS) is 13.1. The number of rotatable bonds is 8. The second-order valence-corrected chi connectivity index (χ2v) is 8.01. The van der Waals surface area contributed by atoms with Gasteiger partial charge in [-0.3, -0.25) is 4.99 Å². The lowest BCUT2D eigenvalue weighted by molar-refractivity contribution is 1.17. The predicted octanol–water partition coefficient (Wildman–Crippen LogP) is 7.37. The van der Waals surface area contributed by atoms with Crippen molar-refractivity contribution in [2.24, 2.45) is 15.7 Å². The molecule has 0 radical (unpaired) electrons. The first-order chi connectivity index (χ1) is 15.9. The van der Waals surface area contributed by atoms with Crippen LogP contribution in [-0.2, 0) is 0 Å². The molecule has 0 saturated carbocycles. The Morgan fingerprint density at radius 2 is 1.73 bits per heavy atom. The van der Waals surface area contributed by atoms with Gasteiger partial charge < -0.3 is 5.73 Å². The number of nitrogens with zero attached hydrogens (tertiary/aromatic N) is 2. The Morgan fingerprint density at radius 1 is 1.00 bits per heavy atom. The zero-order valence-corrected chi connectivity index (χ0v) is 20.5.